The summed E-state index contributed by atoms with van der Waals surface area (Å²) in [6.45, 7) is 0. The molecular formula is C3H3F3Zn. The van der Waals surface area contributed by atoms with E-state index in [0.717, 1.165) is 0 Å². The summed E-state index contributed by atoms with van der Waals surface area (Å²) in [5, 5.41) is 0. The third kappa shape index (κ3) is 22.9. The first-order valence-electron chi connectivity index (χ1n) is 0.817. The predicted octanol–water partition coefficient (Wildman–Crippen LogP) is 1.94. The van der Waals surface area contributed by atoms with Crippen LogP contribution < -0.4 is 0 Å². The Kier molecular flexibility index (Phi) is 21.2. The van der Waals surface area contributed by atoms with Crippen LogP contribution in [0, 0.1) is 13.8 Å². The Bertz CT molecular complexity index is 48.1. The maximum absolute atomic E-state index is 10.2. The quantitative estimate of drug-likeness (QED) is 0.376. The number of hydrogen-bond acceptors (Lipinski definition) is 0. The van der Waals surface area contributed by atoms with Gasteiger partial charge in [0.05, 0.1) is 0 Å². The first-order chi connectivity index (χ1) is 2.27. The molecule has 0 aromatic carbocycles. The molecule has 0 fully saturated rings. The molecule has 0 aliphatic heterocycles. The van der Waals surface area contributed by atoms with Gasteiger partial charge in [0.25, 0.3) is 0 Å². The minimum absolute atomic E-state index is 0. The van der Waals surface area contributed by atoms with Gasteiger partial charge in [-0.2, -0.15) is 0 Å². The summed E-state index contributed by atoms with van der Waals surface area (Å²) < 4.78 is 30.5. The SMILES string of the molecule is F[C-]=C(F)F.[CH3-].[Zn+2]. The zero-order valence-electron chi connectivity index (χ0n) is 3.84. The van der Waals surface area contributed by atoms with Crippen LogP contribution in [0.25, 0.3) is 0 Å². The van der Waals surface area contributed by atoms with Gasteiger partial charge in [-0.25, -0.2) is 15.1 Å². The summed E-state index contributed by atoms with van der Waals surface area (Å²) >= 11 is 0. The molecule has 0 amide bonds. The summed E-state index contributed by atoms with van der Waals surface area (Å²) in [5.41, 5.74) is 0. The van der Waals surface area contributed by atoms with Crippen LogP contribution >= 0.6 is 0 Å². The average molecular weight is 161 g/mol. The van der Waals surface area contributed by atoms with Crippen LogP contribution in [0.3, 0.4) is 0 Å². The van der Waals surface area contributed by atoms with E-state index in [4.69, 9.17) is 0 Å². The smallest absolute Gasteiger partial charge is 0.453 e. The van der Waals surface area contributed by atoms with E-state index in [1.165, 1.54) is 0 Å². The Morgan fingerprint density at radius 1 is 1.29 bits per heavy atom. The van der Waals surface area contributed by atoms with Gasteiger partial charge in [0, 0.05) is 0 Å². The molecular weight excluding hydrogens is 158 g/mol. The molecule has 0 unspecified atom stereocenters. The van der Waals surface area contributed by atoms with Gasteiger partial charge < -0.3 is 11.8 Å². The summed E-state index contributed by atoms with van der Waals surface area (Å²) in [6.07, 6.45) is -2.30. The Hall–Kier alpha value is 0.153. The third-order valence-electron chi connectivity index (χ3n) is 0.0714. The number of rotatable bonds is 0. The van der Waals surface area contributed by atoms with Gasteiger partial charge in [-0.05, 0) is 0 Å². The fraction of sp³-hybridized carbons (Fsp3) is 0. The van der Waals surface area contributed by atoms with Crippen molar-refractivity contribution in [2.75, 3.05) is 0 Å². The Balaban J connectivity index is -0.0000000800. The van der Waals surface area contributed by atoms with Crippen molar-refractivity contribution in [3.8, 4) is 0 Å². The fourth-order valence-electron chi connectivity index (χ4n) is 0. The van der Waals surface area contributed by atoms with Crippen LogP contribution in [0.2, 0.25) is 0 Å². The second kappa shape index (κ2) is 9.47. The predicted molar refractivity (Wildman–Crippen MR) is 16.5 cm³/mol. The summed E-state index contributed by atoms with van der Waals surface area (Å²) in [7, 11) is 0. The zero-order chi connectivity index (χ0) is 4.28. The van der Waals surface area contributed by atoms with Crippen LogP contribution in [0.5, 0.6) is 0 Å². The fourth-order valence-corrected chi connectivity index (χ4v) is 0. The summed E-state index contributed by atoms with van der Waals surface area (Å²) in [5.74, 6) is 0. The van der Waals surface area contributed by atoms with Crippen molar-refractivity contribution >= 4 is 0 Å². The maximum Gasteiger partial charge on any atom is 2.00 e. The zero-order valence-corrected chi connectivity index (χ0v) is 6.81. The molecule has 0 aromatic heterocycles. The number of hydrogen-bond donors (Lipinski definition) is 0. The molecule has 0 radical (unpaired) electrons. The molecule has 0 N–H and O–H groups in total. The minimum Gasteiger partial charge on any atom is -0.453 e. The molecule has 0 saturated heterocycles. The van der Waals surface area contributed by atoms with Gasteiger partial charge in [0.1, 0.15) is 6.08 Å². The van der Waals surface area contributed by atoms with E-state index >= 15 is 0 Å². The van der Waals surface area contributed by atoms with Gasteiger partial charge in [-0.15, -0.1) is 0 Å². The molecule has 0 aliphatic rings. The van der Waals surface area contributed by atoms with Crippen LogP contribution in [-0.4, -0.2) is 0 Å². The Morgan fingerprint density at radius 3 is 1.43 bits per heavy atom. The van der Waals surface area contributed by atoms with E-state index in [1.54, 1.807) is 0 Å². The van der Waals surface area contributed by atoms with Gasteiger partial charge in [0.2, 0.25) is 0 Å². The van der Waals surface area contributed by atoms with Crippen molar-refractivity contribution in [1.29, 1.82) is 0 Å². The van der Waals surface area contributed by atoms with Gasteiger partial charge in [-0.3, -0.25) is 0 Å². The van der Waals surface area contributed by atoms with Crippen molar-refractivity contribution < 1.29 is 32.6 Å². The second-order valence-electron chi connectivity index (χ2n) is 0.355. The molecule has 0 atom stereocenters. The molecule has 0 heterocycles. The molecule has 0 rings (SSSR count). The standard InChI is InChI=1S/C2F3.CH3.Zn/c3-1-2(4)5;;/h;1H3;/q2*-1;+2. The van der Waals surface area contributed by atoms with Crippen LogP contribution in [0.1, 0.15) is 0 Å². The van der Waals surface area contributed by atoms with Crippen LogP contribution in [-0.2, 0) is 19.5 Å². The molecule has 7 heavy (non-hydrogen) atoms. The van der Waals surface area contributed by atoms with E-state index in [1.807, 2.05) is 0 Å². The van der Waals surface area contributed by atoms with E-state index in [-0.39, 0.29) is 33.2 Å². The Labute approximate surface area is 53.2 Å². The Morgan fingerprint density at radius 2 is 1.43 bits per heavy atom. The van der Waals surface area contributed by atoms with Crippen molar-refractivity contribution in [2.24, 2.45) is 0 Å². The first-order valence-corrected chi connectivity index (χ1v) is 0.817. The second-order valence-corrected chi connectivity index (χ2v) is 0.355. The van der Waals surface area contributed by atoms with Crippen molar-refractivity contribution in [2.45, 2.75) is 0 Å². The maximum atomic E-state index is 10.2. The molecule has 4 heteroatoms. The van der Waals surface area contributed by atoms with Crippen LogP contribution in [0.15, 0.2) is 6.08 Å². The van der Waals surface area contributed by atoms with Gasteiger partial charge in [0.15, 0.2) is 0 Å². The largest absolute Gasteiger partial charge is 2.00 e. The molecule has 0 bridgehead atoms. The van der Waals surface area contributed by atoms with E-state index < -0.39 is 6.08 Å². The van der Waals surface area contributed by atoms with Gasteiger partial charge in [-0.1, -0.05) is 0 Å². The third-order valence-corrected chi connectivity index (χ3v) is 0.0714. The first kappa shape index (κ1) is 15.7. The van der Waals surface area contributed by atoms with Crippen molar-refractivity contribution in [3.63, 3.8) is 0 Å². The van der Waals surface area contributed by atoms with Gasteiger partial charge >= 0.3 is 19.5 Å². The molecule has 0 saturated carbocycles. The topological polar surface area (TPSA) is 0 Å². The minimum atomic E-state index is -2.41. The molecule has 38 valence electrons. The molecule has 0 aliphatic carbocycles. The van der Waals surface area contributed by atoms with Crippen molar-refractivity contribution in [3.05, 3.63) is 19.8 Å². The normalized spacial score (nSPS) is 5.00. The van der Waals surface area contributed by atoms with E-state index in [2.05, 4.69) is 0 Å². The summed E-state index contributed by atoms with van der Waals surface area (Å²) in [6, 6.07) is 0. The number of halogens is 3. The summed E-state index contributed by atoms with van der Waals surface area (Å²) in [4.78, 5) is 0. The van der Waals surface area contributed by atoms with Crippen LogP contribution in [0.4, 0.5) is 13.2 Å². The van der Waals surface area contributed by atoms with E-state index in [0.29, 0.717) is 0 Å². The molecule has 0 nitrogen and oxygen atoms in total. The molecule has 0 spiro atoms. The monoisotopic (exact) mass is 160 g/mol. The molecule has 0 aromatic rings. The van der Waals surface area contributed by atoms with Crippen molar-refractivity contribution in [1.82, 2.24) is 0 Å². The average Bonchev–Trinajstić information content (AvgIpc) is 1.38. The van der Waals surface area contributed by atoms with E-state index in [9.17, 15) is 13.2 Å².